The summed E-state index contributed by atoms with van der Waals surface area (Å²) >= 11 is 0. The van der Waals surface area contributed by atoms with Gasteiger partial charge in [0.2, 0.25) is 0 Å². The molecule has 13 heteroatoms. The fourth-order valence-corrected chi connectivity index (χ4v) is 4.01. The van der Waals surface area contributed by atoms with Gasteiger partial charge in [-0.1, -0.05) is 19.6 Å². The number of ether oxygens (including phenoxy) is 3. The zero-order valence-electron chi connectivity index (χ0n) is 19.1. The number of alkyl halides is 3. The van der Waals surface area contributed by atoms with E-state index >= 15 is 0 Å². The summed E-state index contributed by atoms with van der Waals surface area (Å²) in [5.74, 6) is -0.667. The van der Waals surface area contributed by atoms with Crippen molar-refractivity contribution in [3.63, 3.8) is 0 Å². The summed E-state index contributed by atoms with van der Waals surface area (Å²) < 4.78 is 58.9. The molecule has 0 aliphatic heterocycles. The number of esters is 1. The molecule has 0 fully saturated rings. The average Bonchev–Trinajstić information content (AvgIpc) is 3.32. The number of halogens is 3. The maximum Gasteiger partial charge on any atom is 0.393 e. The van der Waals surface area contributed by atoms with Crippen molar-refractivity contribution in [2.24, 2.45) is 0 Å². The maximum atomic E-state index is 13.5. The second-order valence-electron chi connectivity index (χ2n) is 8.63. The highest BCUT2D eigenvalue weighted by Gasteiger charge is 2.36. The van der Waals surface area contributed by atoms with Gasteiger partial charge in [-0.2, -0.15) is 23.4 Å². The first kappa shape index (κ1) is 24.7. The molecule has 3 aromatic rings. The lowest BCUT2D eigenvalue weighted by atomic mass is 10.0. The van der Waals surface area contributed by atoms with Gasteiger partial charge in [0.25, 0.3) is 0 Å². The van der Waals surface area contributed by atoms with Crippen LogP contribution in [-0.4, -0.2) is 65.4 Å². The molecule has 0 atom stereocenters. The molecule has 0 saturated carbocycles. The summed E-state index contributed by atoms with van der Waals surface area (Å²) in [6, 6.07) is 2.39. The van der Waals surface area contributed by atoms with Crippen LogP contribution in [0, 0.1) is 0 Å². The topological polar surface area (TPSA) is 92.8 Å². The van der Waals surface area contributed by atoms with Crippen LogP contribution in [0.5, 0.6) is 5.75 Å². The van der Waals surface area contributed by atoms with Crippen LogP contribution in [-0.2, 0) is 22.6 Å². The van der Waals surface area contributed by atoms with E-state index in [-0.39, 0.29) is 18.0 Å². The van der Waals surface area contributed by atoms with E-state index in [0.717, 1.165) is 13.2 Å². The summed E-state index contributed by atoms with van der Waals surface area (Å²) in [5.41, 5.74) is 0.0298. The zero-order chi connectivity index (χ0) is 24.4. The zero-order valence-corrected chi connectivity index (χ0v) is 20.1. The van der Waals surface area contributed by atoms with Crippen LogP contribution in [0.1, 0.15) is 16.1 Å². The Morgan fingerprint density at radius 1 is 1.21 bits per heavy atom. The van der Waals surface area contributed by atoms with Crippen molar-refractivity contribution in [2.75, 3.05) is 20.8 Å². The highest BCUT2D eigenvalue weighted by molar-refractivity contribution is 6.76. The SMILES string of the molecule is COC(=O)c1nn(COCC[Si](C)(C)C)c(-c2cc(OC)c3ncnn3c2)c1CC(F)(F)F. The highest BCUT2D eigenvalue weighted by atomic mass is 28.3. The molecule has 3 rings (SSSR count). The number of carbonyl (C=O) groups is 1. The molecule has 9 nitrogen and oxygen atoms in total. The predicted octanol–water partition coefficient (Wildman–Crippen LogP) is 3.81. The third kappa shape index (κ3) is 5.90. The van der Waals surface area contributed by atoms with Crippen LogP contribution in [0.25, 0.3) is 16.9 Å². The molecule has 0 spiro atoms. The van der Waals surface area contributed by atoms with E-state index in [2.05, 4.69) is 34.8 Å². The number of fused-ring (bicyclic) bond motifs is 1. The average molecular weight is 486 g/mol. The molecule has 3 aromatic heterocycles. The van der Waals surface area contributed by atoms with Crippen molar-refractivity contribution in [3.8, 4) is 17.0 Å². The fourth-order valence-electron chi connectivity index (χ4n) is 3.25. The Balaban J connectivity index is 2.15. The molecule has 0 bridgehead atoms. The molecule has 180 valence electrons. The minimum atomic E-state index is -4.59. The smallest absolute Gasteiger partial charge is 0.393 e. The van der Waals surface area contributed by atoms with Gasteiger partial charge in [0.15, 0.2) is 17.1 Å². The molecule has 0 saturated heterocycles. The quantitative estimate of drug-likeness (QED) is 0.259. The number of rotatable bonds is 9. The van der Waals surface area contributed by atoms with Gasteiger partial charge in [0.05, 0.1) is 26.3 Å². The number of hydrogen-bond acceptors (Lipinski definition) is 7. The third-order valence-electron chi connectivity index (χ3n) is 4.85. The van der Waals surface area contributed by atoms with E-state index in [1.54, 1.807) is 0 Å². The summed E-state index contributed by atoms with van der Waals surface area (Å²) in [7, 11) is 1.13. The molecular weight excluding hydrogens is 459 g/mol. The van der Waals surface area contributed by atoms with E-state index in [9.17, 15) is 18.0 Å². The van der Waals surface area contributed by atoms with Gasteiger partial charge in [0, 0.05) is 32.0 Å². The Kier molecular flexibility index (Phi) is 7.12. The van der Waals surface area contributed by atoms with Crippen LogP contribution in [0.3, 0.4) is 0 Å². The Hall–Kier alpha value is -2.93. The second kappa shape index (κ2) is 9.51. The van der Waals surface area contributed by atoms with Crippen LogP contribution in [0.15, 0.2) is 18.6 Å². The molecule has 3 heterocycles. The van der Waals surface area contributed by atoms with E-state index in [1.165, 1.54) is 34.9 Å². The molecule has 33 heavy (non-hydrogen) atoms. The maximum absolute atomic E-state index is 13.5. The summed E-state index contributed by atoms with van der Waals surface area (Å²) in [5, 5.41) is 8.20. The number of nitrogens with zero attached hydrogens (tertiary/aromatic N) is 5. The van der Waals surface area contributed by atoms with E-state index in [1.807, 2.05) is 0 Å². The van der Waals surface area contributed by atoms with Gasteiger partial charge in [-0.15, -0.1) is 0 Å². The summed E-state index contributed by atoms with van der Waals surface area (Å²) in [6.45, 7) is 6.84. The minimum absolute atomic E-state index is 0.0661. The monoisotopic (exact) mass is 485 g/mol. The van der Waals surface area contributed by atoms with Crippen LogP contribution in [0.4, 0.5) is 13.2 Å². The number of aromatic nitrogens is 5. The predicted molar refractivity (Wildman–Crippen MR) is 116 cm³/mol. The lowest BCUT2D eigenvalue weighted by molar-refractivity contribution is -0.127. The van der Waals surface area contributed by atoms with Crippen molar-refractivity contribution in [3.05, 3.63) is 29.8 Å². The Bertz CT molecular complexity index is 1140. The number of hydrogen-bond donors (Lipinski definition) is 0. The molecule has 0 radical (unpaired) electrons. The lowest BCUT2D eigenvalue weighted by Gasteiger charge is -2.16. The molecule has 0 unspecified atom stereocenters. The summed E-state index contributed by atoms with van der Waals surface area (Å²) in [4.78, 5) is 16.4. The Morgan fingerprint density at radius 3 is 2.55 bits per heavy atom. The second-order valence-corrected chi connectivity index (χ2v) is 14.3. The van der Waals surface area contributed by atoms with Gasteiger partial charge in [-0.3, -0.25) is 0 Å². The highest BCUT2D eigenvalue weighted by Crippen LogP contribution is 2.35. The minimum Gasteiger partial charge on any atom is -0.493 e. The number of methoxy groups -OCH3 is 2. The van der Waals surface area contributed by atoms with E-state index < -0.39 is 32.3 Å². The number of pyridine rings is 1. The Morgan fingerprint density at radius 2 is 1.94 bits per heavy atom. The van der Waals surface area contributed by atoms with Gasteiger partial charge in [0.1, 0.15) is 13.1 Å². The van der Waals surface area contributed by atoms with Gasteiger partial charge >= 0.3 is 12.1 Å². The number of carbonyl (C=O) groups excluding carboxylic acids is 1. The molecule has 0 aromatic carbocycles. The first-order chi connectivity index (χ1) is 15.4. The molecule has 0 aliphatic rings. The molecular formula is C20H26F3N5O4Si. The van der Waals surface area contributed by atoms with Crippen molar-refractivity contribution in [2.45, 2.75) is 45.0 Å². The molecule has 0 N–H and O–H groups in total. The van der Waals surface area contributed by atoms with Crippen LogP contribution < -0.4 is 4.74 Å². The van der Waals surface area contributed by atoms with Gasteiger partial charge in [-0.05, 0) is 12.1 Å². The van der Waals surface area contributed by atoms with Crippen molar-refractivity contribution >= 4 is 19.7 Å². The standard InChI is InChI=1S/C20H26F3N5O4Si/c1-30-15-8-13(10-27-18(15)24-11-25-27)17-14(9-20(21,22)23)16(19(29)31-2)26-28(17)12-32-6-7-33(3,4)5/h8,10-11H,6-7,9,12H2,1-5H3. The molecule has 0 amide bonds. The third-order valence-corrected chi connectivity index (χ3v) is 6.56. The largest absolute Gasteiger partial charge is 0.493 e. The first-order valence-electron chi connectivity index (χ1n) is 10.1. The van der Waals surface area contributed by atoms with Crippen molar-refractivity contribution < 1.29 is 32.2 Å². The van der Waals surface area contributed by atoms with Crippen LogP contribution in [0.2, 0.25) is 25.7 Å². The van der Waals surface area contributed by atoms with E-state index in [4.69, 9.17) is 14.2 Å². The van der Waals surface area contributed by atoms with Crippen molar-refractivity contribution in [1.82, 2.24) is 24.4 Å². The van der Waals surface area contributed by atoms with E-state index in [0.29, 0.717) is 23.6 Å². The fraction of sp³-hybridized carbons (Fsp3) is 0.500. The first-order valence-corrected chi connectivity index (χ1v) is 13.8. The summed E-state index contributed by atoms with van der Waals surface area (Å²) in [6.07, 6.45) is -3.17. The van der Waals surface area contributed by atoms with Gasteiger partial charge in [-0.25, -0.2) is 19.0 Å². The van der Waals surface area contributed by atoms with Crippen LogP contribution >= 0.6 is 0 Å². The molecule has 0 aliphatic carbocycles. The lowest BCUT2D eigenvalue weighted by Crippen LogP contribution is -2.22. The normalized spacial score (nSPS) is 12.4. The Labute approximate surface area is 189 Å². The van der Waals surface area contributed by atoms with Gasteiger partial charge < -0.3 is 14.2 Å². The van der Waals surface area contributed by atoms with Crippen molar-refractivity contribution in [1.29, 1.82) is 0 Å².